The third kappa shape index (κ3) is 6.13. The Hall–Kier alpha value is -0.320. The van der Waals surface area contributed by atoms with E-state index in [9.17, 15) is 0 Å². The van der Waals surface area contributed by atoms with Crippen LogP contribution >= 0.6 is 23.2 Å². The lowest BCUT2D eigenvalue weighted by Crippen LogP contribution is -2.32. The number of hydrogen-bond acceptors (Lipinski definition) is 3. The van der Waals surface area contributed by atoms with Gasteiger partial charge >= 0.3 is 0 Å². The average molecular weight is 333 g/mol. The summed E-state index contributed by atoms with van der Waals surface area (Å²) in [4.78, 5) is 2.38. The van der Waals surface area contributed by atoms with Crippen LogP contribution in [0.1, 0.15) is 31.9 Å². The van der Waals surface area contributed by atoms with Gasteiger partial charge in [-0.05, 0) is 31.1 Å². The first kappa shape index (κ1) is 18.7. The number of halogens is 2. The first-order chi connectivity index (χ1) is 10.1. The first-order valence-corrected chi connectivity index (χ1v) is 8.28. The van der Waals surface area contributed by atoms with Crippen molar-refractivity contribution in [2.24, 2.45) is 0 Å². The van der Waals surface area contributed by atoms with Crippen molar-refractivity contribution in [3.8, 4) is 0 Å². The molecule has 0 saturated carbocycles. The predicted molar refractivity (Wildman–Crippen MR) is 91.5 cm³/mol. The molecule has 21 heavy (non-hydrogen) atoms. The number of hydrogen-bond donors (Lipinski definition) is 1. The summed E-state index contributed by atoms with van der Waals surface area (Å²) in [6.45, 7) is 8.91. The molecule has 1 aromatic rings. The number of nitrogens with zero attached hydrogens (tertiary/aromatic N) is 1. The molecule has 0 aliphatic heterocycles. The van der Waals surface area contributed by atoms with Gasteiger partial charge in [-0.15, -0.1) is 0 Å². The van der Waals surface area contributed by atoms with Gasteiger partial charge in [-0.1, -0.05) is 49.2 Å². The first-order valence-electron chi connectivity index (χ1n) is 7.52. The molecule has 0 amide bonds. The van der Waals surface area contributed by atoms with E-state index in [0.29, 0.717) is 10.0 Å². The number of nitrogens with one attached hydrogen (secondary N) is 1. The smallest absolute Gasteiger partial charge is 0.0640 e. The van der Waals surface area contributed by atoms with Crippen LogP contribution in [0.25, 0.3) is 0 Å². The Morgan fingerprint density at radius 1 is 1.24 bits per heavy atom. The van der Waals surface area contributed by atoms with Crippen LogP contribution in [0.2, 0.25) is 10.0 Å². The molecule has 0 fully saturated rings. The topological polar surface area (TPSA) is 24.5 Å². The van der Waals surface area contributed by atoms with Crippen molar-refractivity contribution in [3.63, 3.8) is 0 Å². The van der Waals surface area contributed by atoms with Gasteiger partial charge in [0.2, 0.25) is 0 Å². The maximum atomic E-state index is 6.35. The normalized spacial score (nSPS) is 12.9. The van der Waals surface area contributed by atoms with Crippen molar-refractivity contribution in [1.29, 1.82) is 0 Å². The molecule has 0 aliphatic rings. The number of methoxy groups -OCH3 is 1. The minimum absolute atomic E-state index is 0.220. The van der Waals surface area contributed by atoms with Gasteiger partial charge in [0.25, 0.3) is 0 Å². The summed E-state index contributed by atoms with van der Waals surface area (Å²) in [5.74, 6) is 0. The fourth-order valence-corrected chi connectivity index (χ4v) is 2.80. The van der Waals surface area contributed by atoms with Crippen LogP contribution in [0, 0.1) is 0 Å². The number of rotatable bonds is 10. The summed E-state index contributed by atoms with van der Waals surface area (Å²) in [7, 11) is 1.74. The molecule has 1 aromatic carbocycles. The highest BCUT2D eigenvalue weighted by molar-refractivity contribution is 6.42. The molecule has 0 heterocycles. The molecule has 0 spiro atoms. The predicted octanol–water partition coefficient (Wildman–Crippen LogP) is 4.00. The molecule has 1 atom stereocenters. The second kappa shape index (κ2) is 10.4. The minimum Gasteiger partial charge on any atom is -0.383 e. The van der Waals surface area contributed by atoms with E-state index in [1.54, 1.807) is 7.11 Å². The molecule has 0 aliphatic carbocycles. The van der Waals surface area contributed by atoms with E-state index in [1.165, 1.54) is 0 Å². The van der Waals surface area contributed by atoms with E-state index in [2.05, 4.69) is 24.1 Å². The highest BCUT2D eigenvalue weighted by atomic mass is 35.5. The van der Waals surface area contributed by atoms with Crippen LogP contribution in [0.15, 0.2) is 18.2 Å². The van der Waals surface area contributed by atoms with E-state index < -0.39 is 0 Å². The van der Waals surface area contributed by atoms with Crippen molar-refractivity contribution in [2.45, 2.75) is 26.3 Å². The molecular formula is C16H26Cl2N2O. The second-order valence-electron chi connectivity index (χ2n) is 4.97. The summed E-state index contributed by atoms with van der Waals surface area (Å²) >= 11 is 12.5. The quantitative estimate of drug-likeness (QED) is 0.700. The van der Waals surface area contributed by atoms with Gasteiger partial charge < -0.3 is 15.0 Å². The molecule has 120 valence electrons. The Balaban J connectivity index is 2.71. The lowest BCUT2D eigenvalue weighted by Gasteiger charge is -2.25. The molecular weight excluding hydrogens is 307 g/mol. The third-order valence-corrected chi connectivity index (χ3v) is 4.43. The third-order valence-electron chi connectivity index (χ3n) is 3.60. The number of likely N-dealkylation sites (N-methyl/N-ethyl adjacent to an activating group) is 1. The monoisotopic (exact) mass is 332 g/mol. The highest BCUT2D eigenvalue weighted by Crippen LogP contribution is 2.31. The van der Waals surface area contributed by atoms with E-state index in [1.807, 2.05) is 18.2 Å². The summed E-state index contributed by atoms with van der Waals surface area (Å²) < 4.78 is 5.15. The van der Waals surface area contributed by atoms with E-state index in [0.717, 1.165) is 44.8 Å². The summed E-state index contributed by atoms with van der Waals surface area (Å²) in [5.41, 5.74) is 1.08. The second-order valence-corrected chi connectivity index (χ2v) is 5.75. The lowest BCUT2D eigenvalue weighted by molar-refractivity contribution is 0.148. The van der Waals surface area contributed by atoms with E-state index in [-0.39, 0.29) is 6.04 Å². The largest absolute Gasteiger partial charge is 0.383 e. The Morgan fingerprint density at radius 3 is 2.62 bits per heavy atom. The van der Waals surface area contributed by atoms with Gasteiger partial charge in [0.05, 0.1) is 16.7 Å². The van der Waals surface area contributed by atoms with Gasteiger partial charge in [0.15, 0.2) is 0 Å². The average Bonchev–Trinajstić information content (AvgIpc) is 2.49. The van der Waals surface area contributed by atoms with Crippen LogP contribution in [-0.4, -0.2) is 44.8 Å². The van der Waals surface area contributed by atoms with Crippen molar-refractivity contribution < 1.29 is 4.74 Å². The molecule has 1 N–H and O–H groups in total. The van der Waals surface area contributed by atoms with Crippen molar-refractivity contribution in [1.82, 2.24) is 10.2 Å². The van der Waals surface area contributed by atoms with Crippen LogP contribution < -0.4 is 5.32 Å². The standard InChI is InChI=1S/C16H26Cl2N2O/c1-4-19-15(9-10-20(5-2)11-12-21-3)13-7-6-8-14(17)16(13)18/h6-8,15,19H,4-5,9-12H2,1-3H3. The van der Waals surface area contributed by atoms with Crippen LogP contribution in [0.3, 0.4) is 0 Å². The van der Waals surface area contributed by atoms with Crippen molar-refractivity contribution >= 4 is 23.2 Å². The molecule has 3 nitrogen and oxygen atoms in total. The zero-order valence-electron chi connectivity index (χ0n) is 13.2. The Labute approximate surface area is 138 Å². The maximum absolute atomic E-state index is 6.35. The Bertz CT molecular complexity index is 415. The molecule has 0 saturated heterocycles. The van der Waals surface area contributed by atoms with Crippen molar-refractivity contribution in [3.05, 3.63) is 33.8 Å². The SMILES string of the molecule is CCNC(CCN(CC)CCOC)c1cccc(Cl)c1Cl. The van der Waals surface area contributed by atoms with Crippen molar-refractivity contribution in [2.75, 3.05) is 39.9 Å². The van der Waals surface area contributed by atoms with Gasteiger partial charge in [-0.25, -0.2) is 0 Å². The summed E-state index contributed by atoms with van der Waals surface area (Å²) in [6.07, 6.45) is 0.992. The molecule has 1 rings (SSSR count). The number of benzene rings is 1. The van der Waals surface area contributed by atoms with Crippen LogP contribution in [0.5, 0.6) is 0 Å². The van der Waals surface area contributed by atoms with Crippen LogP contribution in [0.4, 0.5) is 0 Å². The molecule has 5 heteroatoms. The zero-order chi connectivity index (χ0) is 15.7. The van der Waals surface area contributed by atoms with Gasteiger partial charge in [-0.2, -0.15) is 0 Å². The molecule has 0 radical (unpaired) electrons. The summed E-state index contributed by atoms with van der Waals surface area (Å²) in [5, 5.41) is 4.77. The molecule has 1 unspecified atom stereocenters. The molecule has 0 bridgehead atoms. The minimum atomic E-state index is 0.220. The Morgan fingerprint density at radius 2 is 2.00 bits per heavy atom. The summed E-state index contributed by atoms with van der Waals surface area (Å²) in [6, 6.07) is 6.05. The fourth-order valence-electron chi connectivity index (χ4n) is 2.36. The number of ether oxygens (including phenoxy) is 1. The Kier molecular flexibility index (Phi) is 9.29. The fraction of sp³-hybridized carbons (Fsp3) is 0.625. The van der Waals surface area contributed by atoms with Gasteiger partial charge in [0, 0.05) is 26.2 Å². The van der Waals surface area contributed by atoms with Crippen LogP contribution in [-0.2, 0) is 4.74 Å². The van der Waals surface area contributed by atoms with E-state index >= 15 is 0 Å². The maximum Gasteiger partial charge on any atom is 0.0640 e. The van der Waals surface area contributed by atoms with Gasteiger partial charge in [0.1, 0.15) is 0 Å². The molecule has 0 aromatic heterocycles. The highest BCUT2D eigenvalue weighted by Gasteiger charge is 2.16. The lowest BCUT2D eigenvalue weighted by atomic mass is 10.0. The zero-order valence-corrected chi connectivity index (χ0v) is 14.7. The van der Waals surface area contributed by atoms with E-state index in [4.69, 9.17) is 27.9 Å². The van der Waals surface area contributed by atoms with Gasteiger partial charge in [-0.3, -0.25) is 0 Å².